The van der Waals surface area contributed by atoms with Crippen molar-refractivity contribution in [1.82, 2.24) is 0 Å². The van der Waals surface area contributed by atoms with Crippen LogP contribution in [0.4, 0.5) is 0 Å². The molecule has 5 heavy (non-hydrogen) atoms. The van der Waals surface area contributed by atoms with Crippen molar-refractivity contribution in [3.63, 3.8) is 0 Å². The third-order valence-corrected chi connectivity index (χ3v) is 0. The van der Waals surface area contributed by atoms with E-state index in [1.165, 1.54) is 0 Å². The van der Waals surface area contributed by atoms with Crippen LogP contribution in [0.25, 0.3) is 0 Å². The van der Waals surface area contributed by atoms with Crippen LogP contribution in [-0.4, -0.2) is 34.9 Å². The monoisotopic (exact) mass is 328 g/mol. The van der Waals surface area contributed by atoms with Crippen molar-refractivity contribution in [2.24, 2.45) is 0 Å². The zero-order chi connectivity index (χ0) is 0. The van der Waals surface area contributed by atoms with Crippen molar-refractivity contribution < 1.29 is 50.6 Å². The van der Waals surface area contributed by atoms with Gasteiger partial charge in [0.1, 0.15) is 0 Å². The molecule has 0 heterocycles. The molecule has 0 unspecified atom stereocenters. The fourth-order valence-corrected chi connectivity index (χ4v) is 0. The molecule has 0 fully saturated rings. The normalized spacial score (nSPS) is 0. The van der Waals surface area contributed by atoms with Crippen molar-refractivity contribution in [2.45, 2.75) is 0 Å². The second-order valence-electron chi connectivity index (χ2n) is 0. The topological polar surface area (TPSA) is 0 Å². The van der Waals surface area contributed by atoms with Crippen LogP contribution in [0.3, 0.4) is 0 Å². The van der Waals surface area contributed by atoms with Crippen molar-refractivity contribution in [3.05, 3.63) is 0 Å². The Morgan fingerprint density at radius 3 is 1.00 bits per heavy atom. The van der Waals surface area contributed by atoms with Crippen LogP contribution in [0.2, 0.25) is 0 Å². The van der Waals surface area contributed by atoms with E-state index in [4.69, 9.17) is 0 Å². The fraction of sp³-hybridized carbons (Fsp3) is 0. The van der Waals surface area contributed by atoms with Gasteiger partial charge in [0, 0.05) is 50.6 Å². The van der Waals surface area contributed by atoms with Crippen molar-refractivity contribution in [2.75, 3.05) is 0 Å². The van der Waals surface area contributed by atoms with E-state index in [1.807, 2.05) is 0 Å². The third kappa shape index (κ3) is 20.9. The Kier molecular flexibility index (Phi) is 309. The molecule has 0 aliphatic heterocycles. The van der Waals surface area contributed by atoms with Crippen LogP contribution in [0.5, 0.6) is 0 Å². The van der Waals surface area contributed by atoms with Crippen LogP contribution in [-0.2, 0) is 50.6 Å². The number of hydrogen-bond donors (Lipinski definition) is 0. The summed E-state index contributed by atoms with van der Waals surface area (Å²) in [7, 11) is 0. The Labute approximate surface area is 84.5 Å². The van der Waals surface area contributed by atoms with Crippen LogP contribution >= 0.6 is 0 Å². The van der Waals surface area contributed by atoms with Gasteiger partial charge in [-0.2, -0.15) is 0 Å². The van der Waals surface area contributed by atoms with E-state index in [9.17, 15) is 0 Å². The molecular formula is H4CuMnNiSiSn. The quantitative estimate of drug-likeness (QED) is 0.459. The van der Waals surface area contributed by atoms with E-state index >= 15 is 0 Å². The Morgan fingerprint density at radius 2 is 1.00 bits per heavy atom. The summed E-state index contributed by atoms with van der Waals surface area (Å²) in [6.07, 6.45) is 0. The minimum absolute atomic E-state index is 0. The van der Waals surface area contributed by atoms with Crippen molar-refractivity contribution in [1.29, 1.82) is 0 Å². The molecule has 0 atom stereocenters. The molecule has 0 rings (SSSR count). The molecule has 40 valence electrons. The zero-order valence-corrected chi connectivity index (χ0v) is 11.0. The van der Waals surface area contributed by atoms with Crippen LogP contribution in [0.1, 0.15) is 0 Å². The molecule has 6 radical (unpaired) electrons. The molecule has 0 spiro atoms. The van der Waals surface area contributed by atoms with E-state index in [0.717, 1.165) is 0 Å². The molecule has 0 aromatic heterocycles. The van der Waals surface area contributed by atoms with Gasteiger partial charge in [-0.05, 0) is 11.0 Å². The first-order valence-electron chi connectivity index (χ1n) is 0. The van der Waals surface area contributed by atoms with E-state index < -0.39 is 0 Å². The van der Waals surface area contributed by atoms with Crippen molar-refractivity contribution in [3.8, 4) is 0 Å². The molecule has 0 saturated heterocycles. The van der Waals surface area contributed by atoms with Gasteiger partial charge < -0.3 is 0 Å². The Morgan fingerprint density at radius 1 is 1.00 bits per heavy atom. The van der Waals surface area contributed by atoms with Crippen molar-refractivity contribution >= 4 is 34.9 Å². The molecule has 5 heteroatoms. The van der Waals surface area contributed by atoms with Crippen LogP contribution in [0.15, 0.2) is 0 Å². The summed E-state index contributed by atoms with van der Waals surface area (Å²) in [6.45, 7) is 0. The number of hydrogen-bond acceptors (Lipinski definition) is 0. The van der Waals surface area contributed by atoms with E-state index in [0.29, 0.717) is 0 Å². The molecule has 0 bridgehead atoms. The van der Waals surface area contributed by atoms with E-state index in [1.54, 1.807) is 0 Å². The second kappa shape index (κ2) is 31.0. The zero-order valence-electron chi connectivity index (χ0n) is 2.57. The molecule has 0 saturated carbocycles. The first-order chi connectivity index (χ1) is 0. The molecule has 0 aromatic rings. The predicted octanol–water partition coefficient (Wildman–Crippen LogP) is -1.84. The van der Waals surface area contributed by atoms with Gasteiger partial charge >= 0.3 is 23.9 Å². The second-order valence-corrected chi connectivity index (χ2v) is 0. The summed E-state index contributed by atoms with van der Waals surface area (Å²) in [5.41, 5.74) is 0. The maximum absolute atomic E-state index is 0. The van der Waals surface area contributed by atoms with Gasteiger partial charge in [0.25, 0.3) is 0 Å². The predicted molar refractivity (Wildman–Crippen MR) is 17.1 cm³/mol. The van der Waals surface area contributed by atoms with Crippen LogP contribution < -0.4 is 0 Å². The SMILES string of the molecule is [Cu].[Mn].[Ni].[SiH3].[SnH]. The van der Waals surface area contributed by atoms with E-state index in [2.05, 4.69) is 0 Å². The molecule has 0 nitrogen and oxygen atoms in total. The van der Waals surface area contributed by atoms with Gasteiger partial charge in [-0.3, -0.25) is 0 Å². The first-order valence-corrected chi connectivity index (χ1v) is 0. The molecular weight excluding hydrogens is 324 g/mol. The average Bonchev–Trinajstić information content (AvgIpc) is 0. The summed E-state index contributed by atoms with van der Waals surface area (Å²) in [4.78, 5) is 0. The Hall–Kier alpha value is 2.55. The average molecular weight is 328 g/mol. The van der Waals surface area contributed by atoms with Gasteiger partial charge in [0.2, 0.25) is 0 Å². The summed E-state index contributed by atoms with van der Waals surface area (Å²) in [5, 5.41) is 0. The molecule has 0 aromatic carbocycles. The molecule has 0 amide bonds. The van der Waals surface area contributed by atoms with Gasteiger partial charge in [0.15, 0.2) is 0 Å². The van der Waals surface area contributed by atoms with Gasteiger partial charge in [-0.15, -0.1) is 0 Å². The first kappa shape index (κ1) is 49.8. The molecule has 0 N–H and O–H groups in total. The summed E-state index contributed by atoms with van der Waals surface area (Å²) >= 11 is 0. The van der Waals surface area contributed by atoms with Crippen LogP contribution in [0, 0.1) is 0 Å². The molecule has 0 aliphatic carbocycles. The summed E-state index contributed by atoms with van der Waals surface area (Å²) in [5.74, 6) is 0. The Bertz CT molecular complexity index is 11.6. The summed E-state index contributed by atoms with van der Waals surface area (Å²) < 4.78 is 0. The minimum atomic E-state index is 0. The summed E-state index contributed by atoms with van der Waals surface area (Å²) in [6, 6.07) is 0. The van der Waals surface area contributed by atoms with Gasteiger partial charge in [-0.1, -0.05) is 0 Å². The number of rotatable bonds is 0. The van der Waals surface area contributed by atoms with Gasteiger partial charge in [-0.25, -0.2) is 0 Å². The maximum atomic E-state index is 0. The third-order valence-electron chi connectivity index (χ3n) is 0. The Balaban J connectivity index is 0. The standard InChI is InChI=1S/Cu.Mn.Ni.H3Si.Sn.H/h;;;1H3;;. The van der Waals surface area contributed by atoms with E-state index in [-0.39, 0.29) is 85.5 Å². The van der Waals surface area contributed by atoms with Gasteiger partial charge in [0.05, 0.1) is 0 Å². The molecule has 0 aliphatic rings. The fourth-order valence-electron chi connectivity index (χ4n) is 0.